The van der Waals surface area contributed by atoms with Gasteiger partial charge in [0.1, 0.15) is 5.82 Å². The molecule has 4 heteroatoms. The summed E-state index contributed by atoms with van der Waals surface area (Å²) in [5.41, 5.74) is 1.16. The highest BCUT2D eigenvalue weighted by Crippen LogP contribution is 2.32. The van der Waals surface area contributed by atoms with Gasteiger partial charge in [0, 0.05) is 25.7 Å². The smallest absolute Gasteiger partial charge is 0.219 e. The molecule has 0 bridgehead atoms. The predicted molar refractivity (Wildman–Crippen MR) is 74.9 cm³/mol. The molecule has 2 fully saturated rings. The maximum Gasteiger partial charge on any atom is 0.219 e. The van der Waals surface area contributed by atoms with E-state index in [0.29, 0.717) is 6.04 Å². The summed E-state index contributed by atoms with van der Waals surface area (Å²) in [6.07, 6.45) is 7.90. The van der Waals surface area contributed by atoms with Crippen molar-refractivity contribution in [3.63, 3.8) is 0 Å². The number of rotatable bonds is 3. The second kappa shape index (κ2) is 5.19. The summed E-state index contributed by atoms with van der Waals surface area (Å²) < 4.78 is 0. The first-order chi connectivity index (χ1) is 9.24. The first-order valence-electron chi connectivity index (χ1n) is 7.24. The number of nitrogens with one attached hydrogen (secondary N) is 1. The van der Waals surface area contributed by atoms with Crippen molar-refractivity contribution in [2.75, 3.05) is 11.9 Å². The minimum absolute atomic E-state index is 0.166. The molecule has 1 amide bonds. The van der Waals surface area contributed by atoms with Crippen molar-refractivity contribution < 1.29 is 4.79 Å². The Morgan fingerprint density at radius 3 is 2.74 bits per heavy atom. The van der Waals surface area contributed by atoms with Crippen LogP contribution in [0.4, 0.5) is 5.82 Å². The molecular weight excluding hydrogens is 238 g/mol. The Bertz CT molecular complexity index is 453. The maximum atomic E-state index is 11.6. The number of pyridine rings is 1. The summed E-state index contributed by atoms with van der Waals surface area (Å²) in [6, 6.07) is 4.99. The summed E-state index contributed by atoms with van der Waals surface area (Å²) >= 11 is 0. The van der Waals surface area contributed by atoms with Gasteiger partial charge in [0.25, 0.3) is 0 Å². The molecule has 2 aliphatic rings. The Balaban J connectivity index is 1.69. The Morgan fingerprint density at radius 1 is 1.32 bits per heavy atom. The fraction of sp³-hybridized carbons (Fsp3) is 0.600. The molecule has 102 valence electrons. The minimum atomic E-state index is 0.166. The number of amides is 1. The molecule has 0 aromatic carbocycles. The lowest BCUT2D eigenvalue weighted by Crippen LogP contribution is -2.28. The van der Waals surface area contributed by atoms with Gasteiger partial charge in [-0.05, 0) is 43.7 Å². The highest BCUT2D eigenvalue weighted by molar-refractivity contribution is 5.74. The highest BCUT2D eigenvalue weighted by Gasteiger charge is 2.28. The Labute approximate surface area is 114 Å². The third-order valence-corrected chi connectivity index (χ3v) is 4.29. The van der Waals surface area contributed by atoms with Crippen molar-refractivity contribution in [1.29, 1.82) is 0 Å². The van der Waals surface area contributed by atoms with Crippen LogP contribution >= 0.6 is 0 Å². The largest absolute Gasteiger partial charge is 0.367 e. The zero-order valence-electron chi connectivity index (χ0n) is 11.4. The lowest BCUT2D eigenvalue weighted by atomic mass is 9.93. The molecular formula is C15H21N3O. The van der Waals surface area contributed by atoms with E-state index in [1.165, 1.54) is 19.3 Å². The molecule has 3 rings (SSSR count). The van der Waals surface area contributed by atoms with Crippen LogP contribution in [-0.2, 0) is 4.79 Å². The molecule has 2 heterocycles. The van der Waals surface area contributed by atoms with Crippen LogP contribution in [0.15, 0.2) is 18.3 Å². The van der Waals surface area contributed by atoms with Crippen molar-refractivity contribution in [1.82, 2.24) is 9.88 Å². The van der Waals surface area contributed by atoms with Crippen LogP contribution in [0.3, 0.4) is 0 Å². The van der Waals surface area contributed by atoms with Crippen molar-refractivity contribution in [2.24, 2.45) is 0 Å². The third-order valence-electron chi connectivity index (χ3n) is 4.29. The Hall–Kier alpha value is -1.58. The molecule has 1 aromatic heterocycles. The molecule has 1 saturated heterocycles. The minimum Gasteiger partial charge on any atom is -0.367 e. The van der Waals surface area contributed by atoms with Gasteiger partial charge in [-0.15, -0.1) is 0 Å². The molecule has 4 nitrogen and oxygen atoms in total. The summed E-state index contributed by atoms with van der Waals surface area (Å²) in [6.45, 7) is 2.53. The van der Waals surface area contributed by atoms with Gasteiger partial charge in [-0.2, -0.15) is 0 Å². The topological polar surface area (TPSA) is 45.2 Å². The molecule has 1 aliphatic carbocycles. The normalized spacial score (nSPS) is 23.2. The number of hydrogen-bond acceptors (Lipinski definition) is 3. The number of nitrogens with zero attached hydrogens (tertiary/aromatic N) is 2. The van der Waals surface area contributed by atoms with Crippen LogP contribution in [0.25, 0.3) is 0 Å². The summed E-state index contributed by atoms with van der Waals surface area (Å²) in [5, 5.41) is 3.44. The van der Waals surface area contributed by atoms with Crippen LogP contribution in [0.5, 0.6) is 0 Å². The zero-order chi connectivity index (χ0) is 13.2. The van der Waals surface area contributed by atoms with Crippen molar-refractivity contribution in [2.45, 2.75) is 51.1 Å². The number of hydrogen-bond donors (Lipinski definition) is 1. The number of likely N-dealkylation sites (tertiary alicyclic amines) is 1. The van der Waals surface area contributed by atoms with E-state index in [0.717, 1.165) is 30.8 Å². The van der Waals surface area contributed by atoms with E-state index < -0.39 is 0 Å². The quantitative estimate of drug-likeness (QED) is 0.907. The fourth-order valence-corrected chi connectivity index (χ4v) is 2.94. The van der Waals surface area contributed by atoms with Crippen LogP contribution in [0, 0.1) is 0 Å². The lowest BCUT2D eigenvalue weighted by Gasteiger charge is -2.27. The van der Waals surface area contributed by atoms with E-state index in [4.69, 9.17) is 0 Å². The summed E-state index contributed by atoms with van der Waals surface area (Å²) in [7, 11) is 0. The number of carbonyl (C=O) groups excluding carboxylic acids is 1. The second-order valence-corrected chi connectivity index (χ2v) is 5.62. The predicted octanol–water partition coefficient (Wildman–Crippen LogP) is 2.73. The van der Waals surface area contributed by atoms with Gasteiger partial charge < -0.3 is 10.2 Å². The summed E-state index contributed by atoms with van der Waals surface area (Å²) in [4.78, 5) is 18.0. The fourth-order valence-electron chi connectivity index (χ4n) is 2.94. The average molecular weight is 259 g/mol. The Morgan fingerprint density at radius 2 is 2.16 bits per heavy atom. The molecule has 1 aliphatic heterocycles. The van der Waals surface area contributed by atoms with E-state index in [-0.39, 0.29) is 11.9 Å². The number of carbonyl (C=O) groups is 1. The monoisotopic (exact) mass is 259 g/mol. The molecule has 19 heavy (non-hydrogen) atoms. The standard InChI is InChI=1S/C15H21N3O/c1-11(19)18-9-3-6-14(18)12-7-8-15(16-10-12)17-13-4-2-5-13/h7-8,10,13-14H,2-6,9H2,1H3,(H,16,17)/t14-/m1/s1. The van der Waals surface area contributed by atoms with Gasteiger partial charge in [0.05, 0.1) is 6.04 Å². The van der Waals surface area contributed by atoms with Crippen molar-refractivity contribution >= 4 is 11.7 Å². The zero-order valence-corrected chi connectivity index (χ0v) is 11.4. The first kappa shape index (κ1) is 12.5. The average Bonchev–Trinajstić information content (AvgIpc) is 2.84. The van der Waals surface area contributed by atoms with Crippen LogP contribution in [0.2, 0.25) is 0 Å². The molecule has 1 aromatic rings. The van der Waals surface area contributed by atoms with Crippen LogP contribution < -0.4 is 5.32 Å². The number of aromatic nitrogens is 1. The molecule has 0 radical (unpaired) electrons. The van der Waals surface area contributed by atoms with Gasteiger partial charge in [0.15, 0.2) is 0 Å². The van der Waals surface area contributed by atoms with E-state index in [1.54, 1.807) is 6.92 Å². The third kappa shape index (κ3) is 2.57. The SMILES string of the molecule is CC(=O)N1CCC[C@@H]1c1ccc(NC2CCC2)nc1. The highest BCUT2D eigenvalue weighted by atomic mass is 16.2. The molecule has 1 atom stereocenters. The van der Waals surface area contributed by atoms with E-state index in [9.17, 15) is 4.79 Å². The molecule has 0 spiro atoms. The van der Waals surface area contributed by atoms with E-state index >= 15 is 0 Å². The summed E-state index contributed by atoms with van der Waals surface area (Å²) in [5.74, 6) is 1.12. The van der Waals surface area contributed by atoms with Gasteiger partial charge in [0.2, 0.25) is 5.91 Å². The second-order valence-electron chi connectivity index (χ2n) is 5.62. The molecule has 0 unspecified atom stereocenters. The lowest BCUT2D eigenvalue weighted by molar-refractivity contribution is -0.129. The number of anilines is 1. The van der Waals surface area contributed by atoms with Crippen LogP contribution in [0.1, 0.15) is 50.6 Å². The maximum absolute atomic E-state index is 11.6. The van der Waals surface area contributed by atoms with Gasteiger partial charge in [-0.1, -0.05) is 6.07 Å². The van der Waals surface area contributed by atoms with Gasteiger partial charge >= 0.3 is 0 Å². The van der Waals surface area contributed by atoms with Crippen LogP contribution in [-0.4, -0.2) is 28.4 Å². The molecule has 1 saturated carbocycles. The Kier molecular flexibility index (Phi) is 3.40. The first-order valence-corrected chi connectivity index (χ1v) is 7.24. The van der Waals surface area contributed by atoms with Crippen molar-refractivity contribution in [3.05, 3.63) is 23.9 Å². The van der Waals surface area contributed by atoms with E-state index in [1.807, 2.05) is 17.2 Å². The van der Waals surface area contributed by atoms with E-state index in [2.05, 4.69) is 16.4 Å². The van der Waals surface area contributed by atoms with Gasteiger partial charge in [-0.3, -0.25) is 4.79 Å². The van der Waals surface area contributed by atoms with Crippen molar-refractivity contribution in [3.8, 4) is 0 Å². The van der Waals surface area contributed by atoms with Gasteiger partial charge in [-0.25, -0.2) is 4.98 Å². The molecule has 1 N–H and O–H groups in total.